The third-order valence-corrected chi connectivity index (χ3v) is 6.19. The number of aromatic nitrogens is 5. The lowest BCUT2D eigenvalue weighted by Gasteiger charge is -2.13. The van der Waals surface area contributed by atoms with E-state index in [1.54, 1.807) is 0 Å². The van der Waals surface area contributed by atoms with E-state index in [4.69, 9.17) is 9.97 Å². The normalized spacial score (nSPS) is 13.5. The second kappa shape index (κ2) is 6.16. The summed E-state index contributed by atoms with van der Waals surface area (Å²) in [6, 6.07) is 15.0. The van der Waals surface area contributed by atoms with E-state index in [1.165, 1.54) is 11.3 Å². The van der Waals surface area contributed by atoms with Crippen molar-refractivity contribution in [3.63, 3.8) is 0 Å². The minimum Gasteiger partial charge on any atom is -0.374 e. The zero-order valence-corrected chi connectivity index (χ0v) is 17.3. The van der Waals surface area contributed by atoms with Gasteiger partial charge in [0, 0.05) is 43.5 Å². The molecule has 3 aromatic heterocycles. The standard InChI is InChI=1S/C24H22N6/c1-15-5-4-6-20-21(15)25-14-30(20)24-26-22(18-10-12-29(3)23(18)27-24)17-7-8-19-16(13-17)9-11-28(19)2/h4-8,10,12-14H,9,11H2,1-3H3. The fourth-order valence-corrected chi connectivity index (χ4v) is 4.51. The van der Waals surface area contributed by atoms with Crippen LogP contribution in [-0.2, 0) is 13.5 Å². The van der Waals surface area contributed by atoms with Crippen LogP contribution in [0.25, 0.3) is 39.3 Å². The Bertz CT molecular complexity index is 1440. The number of nitrogens with zero attached hydrogens (tertiary/aromatic N) is 6. The monoisotopic (exact) mass is 394 g/mol. The van der Waals surface area contributed by atoms with Crippen LogP contribution in [0.2, 0.25) is 0 Å². The SMILES string of the molecule is Cc1cccc2c1ncn2-c1nc(-c2ccc3c(c2)CCN3C)c2ccn(C)c2n1. The maximum Gasteiger partial charge on any atom is 0.238 e. The molecular formula is C24H22N6. The zero-order valence-electron chi connectivity index (χ0n) is 17.3. The molecule has 0 N–H and O–H groups in total. The number of anilines is 1. The third-order valence-electron chi connectivity index (χ3n) is 6.19. The Morgan fingerprint density at radius 1 is 1.00 bits per heavy atom. The molecule has 0 bridgehead atoms. The van der Waals surface area contributed by atoms with Gasteiger partial charge in [0.15, 0.2) is 0 Å². The summed E-state index contributed by atoms with van der Waals surface area (Å²) in [7, 11) is 4.17. The summed E-state index contributed by atoms with van der Waals surface area (Å²) < 4.78 is 4.04. The lowest BCUT2D eigenvalue weighted by molar-refractivity contribution is 0.912. The van der Waals surface area contributed by atoms with Gasteiger partial charge in [-0.1, -0.05) is 18.2 Å². The fourth-order valence-electron chi connectivity index (χ4n) is 4.51. The van der Waals surface area contributed by atoms with Crippen LogP contribution in [0.1, 0.15) is 11.1 Å². The van der Waals surface area contributed by atoms with Crippen molar-refractivity contribution in [2.45, 2.75) is 13.3 Å². The summed E-state index contributed by atoms with van der Waals surface area (Å²) >= 11 is 0. The van der Waals surface area contributed by atoms with Crippen LogP contribution in [0.15, 0.2) is 55.0 Å². The van der Waals surface area contributed by atoms with E-state index in [0.717, 1.165) is 51.9 Å². The van der Waals surface area contributed by atoms with Gasteiger partial charge in [-0.05, 0) is 48.7 Å². The minimum absolute atomic E-state index is 0.644. The smallest absolute Gasteiger partial charge is 0.238 e. The van der Waals surface area contributed by atoms with E-state index in [2.05, 4.69) is 70.9 Å². The van der Waals surface area contributed by atoms with Gasteiger partial charge in [-0.25, -0.2) is 9.97 Å². The maximum absolute atomic E-state index is 5.04. The molecule has 148 valence electrons. The van der Waals surface area contributed by atoms with Crippen LogP contribution in [-0.4, -0.2) is 37.7 Å². The fraction of sp³-hybridized carbons (Fsp3) is 0.208. The van der Waals surface area contributed by atoms with Gasteiger partial charge in [-0.15, -0.1) is 0 Å². The van der Waals surface area contributed by atoms with Crippen molar-refractivity contribution in [2.24, 2.45) is 7.05 Å². The lowest BCUT2D eigenvalue weighted by atomic mass is 10.0. The summed E-state index contributed by atoms with van der Waals surface area (Å²) in [4.78, 5) is 16.9. The maximum atomic E-state index is 5.04. The first kappa shape index (κ1) is 17.2. The Morgan fingerprint density at radius 2 is 1.90 bits per heavy atom. The molecule has 0 amide bonds. The Morgan fingerprint density at radius 3 is 2.80 bits per heavy atom. The molecule has 5 aromatic rings. The molecule has 6 heteroatoms. The second-order valence-electron chi connectivity index (χ2n) is 8.11. The van der Waals surface area contributed by atoms with Crippen molar-refractivity contribution < 1.29 is 0 Å². The molecule has 6 nitrogen and oxygen atoms in total. The average molecular weight is 394 g/mol. The molecule has 6 rings (SSSR count). The first-order chi connectivity index (χ1) is 14.6. The van der Waals surface area contributed by atoms with Crippen molar-refractivity contribution in [3.05, 3.63) is 66.1 Å². The zero-order chi connectivity index (χ0) is 20.4. The molecule has 30 heavy (non-hydrogen) atoms. The number of aryl methyl sites for hydroxylation is 2. The van der Waals surface area contributed by atoms with Crippen LogP contribution in [0.5, 0.6) is 0 Å². The molecule has 0 atom stereocenters. The topological polar surface area (TPSA) is 51.8 Å². The second-order valence-corrected chi connectivity index (χ2v) is 8.11. The van der Waals surface area contributed by atoms with Gasteiger partial charge in [-0.3, -0.25) is 4.57 Å². The van der Waals surface area contributed by atoms with Crippen molar-refractivity contribution in [2.75, 3.05) is 18.5 Å². The van der Waals surface area contributed by atoms with Crippen LogP contribution in [0, 0.1) is 6.92 Å². The van der Waals surface area contributed by atoms with Gasteiger partial charge >= 0.3 is 0 Å². The largest absolute Gasteiger partial charge is 0.374 e. The minimum atomic E-state index is 0.644. The molecule has 0 saturated carbocycles. The summed E-state index contributed by atoms with van der Waals surface area (Å²) in [6.45, 7) is 3.14. The van der Waals surface area contributed by atoms with Crippen molar-refractivity contribution in [1.29, 1.82) is 0 Å². The van der Waals surface area contributed by atoms with Crippen LogP contribution < -0.4 is 4.90 Å². The summed E-state index contributed by atoms with van der Waals surface area (Å²) in [5.74, 6) is 0.644. The summed E-state index contributed by atoms with van der Waals surface area (Å²) in [5.41, 5.74) is 8.85. The van der Waals surface area contributed by atoms with Gasteiger partial charge in [0.05, 0.1) is 16.7 Å². The Hall–Kier alpha value is -3.67. The highest BCUT2D eigenvalue weighted by Gasteiger charge is 2.19. The van der Waals surface area contributed by atoms with Crippen LogP contribution >= 0.6 is 0 Å². The van der Waals surface area contributed by atoms with Crippen LogP contribution in [0.4, 0.5) is 5.69 Å². The molecule has 2 aromatic carbocycles. The Kier molecular flexibility index (Phi) is 3.53. The van der Waals surface area contributed by atoms with Crippen molar-refractivity contribution >= 4 is 27.8 Å². The van der Waals surface area contributed by atoms with Gasteiger partial charge in [-0.2, -0.15) is 4.98 Å². The highest BCUT2D eigenvalue weighted by Crippen LogP contribution is 2.34. The number of fused-ring (bicyclic) bond motifs is 3. The first-order valence-corrected chi connectivity index (χ1v) is 10.2. The van der Waals surface area contributed by atoms with Gasteiger partial charge < -0.3 is 9.47 Å². The molecule has 0 spiro atoms. The number of imidazole rings is 1. The number of likely N-dealkylation sites (N-methyl/N-ethyl adjacent to an activating group) is 1. The molecule has 0 unspecified atom stereocenters. The summed E-state index contributed by atoms with van der Waals surface area (Å²) in [6.07, 6.45) is 4.94. The molecule has 0 saturated heterocycles. The molecule has 0 fully saturated rings. The number of rotatable bonds is 2. The average Bonchev–Trinajstić information content (AvgIpc) is 3.45. The number of hydrogen-bond acceptors (Lipinski definition) is 4. The third kappa shape index (κ3) is 2.40. The van der Waals surface area contributed by atoms with Crippen molar-refractivity contribution in [1.82, 2.24) is 24.1 Å². The van der Waals surface area contributed by atoms with E-state index in [1.807, 2.05) is 24.1 Å². The molecule has 4 heterocycles. The van der Waals surface area contributed by atoms with Gasteiger partial charge in [0.2, 0.25) is 5.95 Å². The molecule has 0 aliphatic carbocycles. The molecule has 0 radical (unpaired) electrons. The van der Waals surface area contributed by atoms with Gasteiger partial charge in [0.25, 0.3) is 0 Å². The van der Waals surface area contributed by atoms with E-state index < -0.39 is 0 Å². The Balaban J connectivity index is 1.61. The highest BCUT2D eigenvalue weighted by atomic mass is 15.2. The predicted molar refractivity (Wildman–Crippen MR) is 120 cm³/mol. The van der Waals surface area contributed by atoms with E-state index >= 15 is 0 Å². The van der Waals surface area contributed by atoms with E-state index in [-0.39, 0.29) is 0 Å². The number of benzene rings is 2. The van der Waals surface area contributed by atoms with Crippen molar-refractivity contribution in [3.8, 4) is 17.2 Å². The van der Waals surface area contributed by atoms with Gasteiger partial charge in [0.1, 0.15) is 12.0 Å². The summed E-state index contributed by atoms with van der Waals surface area (Å²) in [5, 5.41) is 1.06. The lowest BCUT2D eigenvalue weighted by Crippen LogP contribution is -2.12. The Labute approximate surface area is 174 Å². The number of para-hydroxylation sites is 1. The molecular weight excluding hydrogens is 372 g/mol. The molecule has 1 aliphatic heterocycles. The van der Waals surface area contributed by atoms with E-state index in [0.29, 0.717) is 5.95 Å². The number of hydrogen-bond donors (Lipinski definition) is 0. The van der Waals surface area contributed by atoms with E-state index in [9.17, 15) is 0 Å². The first-order valence-electron chi connectivity index (χ1n) is 10.2. The molecule has 1 aliphatic rings. The quantitative estimate of drug-likeness (QED) is 0.449. The predicted octanol–water partition coefficient (Wildman–Crippen LogP) is 4.27. The highest BCUT2D eigenvalue weighted by molar-refractivity contribution is 5.92. The van der Waals surface area contributed by atoms with Crippen LogP contribution in [0.3, 0.4) is 0 Å².